The zero-order chi connectivity index (χ0) is 15.2. The second-order valence-electron chi connectivity index (χ2n) is 5.76. The van der Waals surface area contributed by atoms with Crippen LogP contribution in [-0.2, 0) is 4.79 Å². The van der Waals surface area contributed by atoms with E-state index in [0.29, 0.717) is 12.2 Å². The van der Waals surface area contributed by atoms with E-state index in [1.165, 1.54) is 0 Å². The Morgan fingerprint density at radius 3 is 2.59 bits per heavy atom. The van der Waals surface area contributed by atoms with Crippen LogP contribution in [0.2, 0.25) is 0 Å². The van der Waals surface area contributed by atoms with Crippen LogP contribution in [0, 0.1) is 0 Å². The van der Waals surface area contributed by atoms with Crippen molar-refractivity contribution in [3.8, 4) is 5.75 Å². The molecule has 3 unspecified atom stereocenters. The number of carbonyl (C=O) groups is 1. The van der Waals surface area contributed by atoms with E-state index in [4.69, 9.17) is 10.5 Å². The highest BCUT2D eigenvalue weighted by Gasteiger charge is 2.24. The number of ether oxygens (including phenoxy) is 1. The predicted octanol–water partition coefficient (Wildman–Crippen LogP) is 2.47. The molecule has 0 heterocycles. The van der Waals surface area contributed by atoms with Crippen molar-refractivity contribution in [1.29, 1.82) is 0 Å². The van der Waals surface area contributed by atoms with Gasteiger partial charge in [-0.1, -0.05) is 6.42 Å². The van der Waals surface area contributed by atoms with Crippen LogP contribution >= 0.6 is 12.4 Å². The van der Waals surface area contributed by atoms with Gasteiger partial charge >= 0.3 is 0 Å². The highest BCUT2D eigenvalue weighted by atomic mass is 35.5. The zero-order valence-electron chi connectivity index (χ0n) is 12.8. The normalized spacial score (nSPS) is 22.3. The smallest absolute Gasteiger partial charge is 0.225 e. The molecule has 4 N–H and O–H groups in total. The van der Waals surface area contributed by atoms with Crippen molar-refractivity contribution in [3.63, 3.8) is 0 Å². The fourth-order valence-electron chi connectivity index (χ4n) is 2.51. The molecule has 1 aromatic carbocycles. The Kier molecular flexibility index (Phi) is 7.65. The largest absolute Gasteiger partial charge is 0.488 e. The van der Waals surface area contributed by atoms with Crippen molar-refractivity contribution in [1.82, 2.24) is 0 Å². The second-order valence-corrected chi connectivity index (χ2v) is 5.76. The fourth-order valence-corrected chi connectivity index (χ4v) is 2.51. The molecule has 5 nitrogen and oxygen atoms in total. The van der Waals surface area contributed by atoms with E-state index in [2.05, 4.69) is 5.32 Å². The van der Waals surface area contributed by atoms with Crippen molar-refractivity contribution in [2.75, 3.05) is 5.32 Å². The Labute approximate surface area is 137 Å². The maximum absolute atomic E-state index is 11.6. The summed E-state index contributed by atoms with van der Waals surface area (Å²) >= 11 is 0. The molecule has 1 aliphatic rings. The molecule has 1 aliphatic carbocycles. The molecule has 1 aromatic rings. The zero-order valence-corrected chi connectivity index (χ0v) is 13.6. The summed E-state index contributed by atoms with van der Waals surface area (Å²) in [6, 6.07) is 7.05. The molecule has 0 bridgehead atoms. The maximum atomic E-state index is 11.6. The molecule has 1 amide bonds. The van der Waals surface area contributed by atoms with E-state index in [1.807, 2.05) is 12.1 Å². The average Bonchev–Trinajstić information content (AvgIpc) is 2.42. The monoisotopic (exact) mass is 328 g/mol. The topological polar surface area (TPSA) is 84.6 Å². The quantitative estimate of drug-likeness (QED) is 0.775. The van der Waals surface area contributed by atoms with Gasteiger partial charge in [-0.3, -0.25) is 4.79 Å². The lowest BCUT2D eigenvalue weighted by atomic mass is 9.95. The third kappa shape index (κ3) is 5.83. The van der Waals surface area contributed by atoms with Gasteiger partial charge in [-0.05, 0) is 50.5 Å². The van der Waals surface area contributed by atoms with Crippen LogP contribution in [0.5, 0.6) is 5.75 Å². The molecular weight excluding hydrogens is 304 g/mol. The summed E-state index contributed by atoms with van der Waals surface area (Å²) in [5.41, 5.74) is 6.30. The Hall–Kier alpha value is -1.30. The van der Waals surface area contributed by atoms with Crippen molar-refractivity contribution >= 4 is 24.0 Å². The number of anilines is 1. The first-order chi connectivity index (χ1) is 10.0. The lowest BCUT2D eigenvalue weighted by Crippen LogP contribution is -2.34. The Morgan fingerprint density at radius 1 is 1.36 bits per heavy atom. The summed E-state index contributed by atoms with van der Waals surface area (Å²) in [6.45, 7) is 1.80. The van der Waals surface area contributed by atoms with Gasteiger partial charge < -0.3 is 20.9 Å². The molecular formula is C16H25ClN2O3. The first-order valence-electron chi connectivity index (χ1n) is 7.55. The molecule has 2 rings (SSSR count). The van der Waals surface area contributed by atoms with Gasteiger partial charge in [0.25, 0.3) is 0 Å². The number of nitrogens with two attached hydrogens (primary N) is 1. The van der Waals surface area contributed by atoms with Gasteiger partial charge in [0.05, 0.1) is 6.10 Å². The molecule has 3 atom stereocenters. The number of aliphatic hydroxyl groups is 1. The van der Waals surface area contributed by atoms with E-state index >= 15 is 0 Å². The van der Waals surface area contributed by atoms with E-state index in [-0.39, 0.29) is 36.6 Å². The van der Waals surface area contributed by atoms with Crippen LogP contribution in [0.1, 0.15) is 39.0 Å². The second kappa shape index (κ2) is 8.98. The molecule has 0 spiro atoms. The summed E-state index contributed by atoms with van der Waals surface area (Å²) in [7, 11) is 0. The molecule has 22 heavy (non-hydrogen) atoms. The number of rotatable bonds is 5. The number of hydrogen-bond donors (Lipinski definition) is 3. The molecule has 0 saturated heterocycles. The predicted molar refractivity (Wildman–Crippen MR) is 89.5 cm³/mol. The van der Waals surface area contributed by atoms with Crippen LogP contribution in [0.4, 0.5) is 5.69 Å². The van der Waals surface area contributed by atoms with E-state index < -0.39 is 0 Å². The first-order valence-corrected chi connectivity index (χ1v) is 7.55. The van der Waals surface area contributed by atoms with Crippen molar-refractivity contribution < 1.29 is 14.6 Å². The number of aliphatic hydroxyl groups excluding tert-OH is 1. The minimum absolute atomic E-state index is 0. The highest BCUT2D eigenvalue weighted by molar-refractivity contribution is 5.91. The third-order valence-corrected chi connectivity index (χ3v) is 3.60. The van der Waals surface area contributed by atoms with Crippen molar-refractivity contribution in [3.05, 3.63) is 24.3 Å². The maximum Gasteiger partial charge on any atom is 0.225 e. The minimum Gasteiger partial charge on any atom is -0.488 e. The van der Waals surface area contributed by atoms with Gasteiger partial charge in [-0.2, -0.15) is 0 Å². The number of amides is 1. The van der Waals surface area contributed by atoms with Crippen LogP contribution in [-0.4, -0.2) is 29.3 Å². The molecule has 6 heteroatoms. The fraction of sp³-hybridized carbons (Fsp3) is 0.562. The van der Waals surface area contributed by atoms with Crippen LogP contribution in [0.3, 0.4) is 0 Å². The number of nitrogens with one attached hydrogen (secondary N) is 1. The molecule has 0 radical (unpaired) electrons. The van der Waals surface area contributed by atoms with Gasteiger partial charge in [-0.15, -0.1) is 12.4 Å². The number of benzene rings is 1. The van der Waals surface area contributed by atoms with Gasteiger partial charge in [0.1, 0.15) is 11.9 Å². The van der Waals surface area contributed by atoms with Gasteiger partial charge in [-0.25, -0.2) is 0 Å². The van der Waals surface area contributed by atoms with Crippen LogP contribution in [0.25, 0.3) is 0 Å². The standard InChI is InChI=1S/C16H24N2O3.ClH/c1-11(17)10-16(20)18-12-6-8-13(9-7-12)21-15-5-3-2-4-14(15)19;/h6-9,11,14-15,19H,2-5,10,17H2,1H3,(H,18,20);1H. The lowest BCUT2D eigenvalue weighted by Gasteiger charge is -2.28. The molecule has 1 saturated carbocycles. The summed E-state index contributed by atoms with van der Waals surface area (Å²) in [5, 5.41) is 12.7. The Bertz CT molecular complexity index is 465. The summed E-state index contributed by atoms with van der Waals surface area (Å²) < 4.78 is 5.81. The highest BCUT2D eigenvalue weighted by Crippen LogP contribution is 2.24. The average molecular weight is 329 g/mol. The number of hydrogen-bond acceptors (Lipinski definition) is 4. The summed E-state index contributed by atoms with van der Waals surface area (Å²) in [6.07, 6.45) is 3.62. The van der Waals surface area contributed by atoms with Crippen LogP contribution in [0.15, 0.2) is 24.3 Å². The minimum atomic E-state index is -0.385. The Balaban J connectivity index is 0.00000242. The molecule has 124 valence electrons. The summed E-state index contributed by atoms with van der Waals surface area (Å²) in [5.74, 6) is 0.618. The van der Waals surface area contributed by atoms with E-state index in [0.717, 1.165) is 31.4 Å². The molecule has 0 aliphatic heterocycles. The number of halogens is 1. The van der Waals surface area contributed by atoms with Crippen molar-refractivity contribution in [2.45, 2.75) is 57.3 Å². The van der Waals surface area contributed by atoms with E-state index in [1.54, 1.807) is 19.1 Å². The molecule has 1 fully saturated rings. The first kappa shape index (κ1) is 18.7. The molecule has 0 aromatic heterocycles. The SMILES string of the molecule is CC(N)CC(=O)Nc1ccc(OC2CCCCC2O)cc1.Cl. The van der Waals surface area contributed by atoms with Gasteiger partial charge in [0.15, 0.2) is 0 Å². The van der Waals surface area contributed by atoms with Crippen molar-refractivity contribution in [2.24, 2.45) is 5.73 Å². The van der Waals surface area contributed by atoms with E-state index in [9.17, 15) is 9.90 Å². The van der Waals surface area contributed by atoms with Crippen LogP contribution < -0.4 is 15.8 Å². The van der Waals surface area contributed by atoms with Gasteiger partial charge in [0.2, 0.25) is 5.91 Å². The Morgan fingerprint density at radius 2 is 2.00 bits per heavy atom. The third-order valence-electron chi connectivity index (χ3n) is 3.60. The number of carbonyl (C=O) groups excluding carboxylic acids is 1. The lowest BCUT2D eigenvalue weighted by molar-refractivity contribution is -0.116. The summed E-state index contributed by atoms with van der Waals surface area (Å²) in [4.78, 5) is 11.6. The van der Waals surface area contributed by atoms with Gasteiger partial charge in [0, 0.05) is 18.2 Å².